The van der Waals surface area contributed by atoms with Gasteiger partial charge in [-0.05, 0) is 47.9 Å². The van der Waals surface area contributed by atoms with Gasteiger partial charge in [0.15, 0.2) is 0 Å². The third kappa shape index (κ3) is 6.77. The van der Waals surface area contributed by atoms with Gasteiger partial charge in [0.1, 0.15) is 12.3 Å². The molecule has 0 aliphatic carbocycles. The minimum absolute atomic E-state index is 0.0267. The molecule has 4 rings (SSSR count). The van der Waals surface area contributed by atoms with E-state index in [2.05, 4.69) is 11.1 Å². The van der Waals surface area contributed by atoms with E-state index in [1.54, 1.807) is 31.3 Å². The zero-order chi connectivity index (χ0) is 26.0. The van der Waals surface area contributed by atoms with E-state index >= 15 is 0 Å². The maximum Gasteiger partial charge on any atom is 0.254 e. The van der Waals surface area contributed by atoms with Crippen molar-refractivity contribution in [3.05, 3.63) is 102 Å². The van der Waals surface area contributed by atoms with Gasteiger partial charge in [-0.3, -0.25) is 9.59 Å². The Balaban J connectivity index is 1.53. The van der Waals surface area contributed by atoms with Crippen LogP contribution in [0.15, 0.2) is 85.1 Å². The number of amides is 2. The van der Waals surface area contributed by atoms with Crippen molar-refractivity contribution in [3.63, 3.8) is 0 Å². The van der Waals surface area contributed by atoms with Crippen molar-refractivity contribution >= 4 is 22.7 Å². The van der Waals surface area contributed by atoms with Crippen LogP contribution in [-0.4, -0.2) is 67.1 Å². The predicted octanol–water partition coefficient (Wildman–Crippen LogP) is 4.54. The van der Waals surface area contributed by atoms with E-state index in [1.807, 2.05) is 71.8 Å². The second-order valence-corrected chi connectivity index (χ2v) is 8.86. The lowest BCUT2D eigenvalue weighted by atomic mass is 10.1. The molecule has 0 atom stereocenters. The Morgan fingerprint density at radius 1 is 0.838 bits per heavy atom. The van der Waals surface area contributed by atoms with Crippen molar-refractivity contribution in [1.29, 1.82) is 0 Å². The number of carbonyl (C=O) groups excluding carboxylic acids is 2. The van der Waals surface area contributed by atoms with Crippen molar-refractivity contribution in [3.8, 4) is 5.75 Å². The minimum atomic E-state index is -0.188. The van der Waals surface area contributed by atoms with Crippen molar-refractivity contribution in [2.24, 2.45) is 0 Å². The topological polar surface area (TPSA) is 74.9 Å². The molecule has 0 unspecified atom stereocenters. The number of hydrogen-bond acceptors (Lipinski definition) is 4. The van der Waals surface area contributed by atoms with Crippen LogP contribution < -0.4 is 4.74 Å². The standard InChI is InChI=1S/C30H33N3O4/c1-36-19-18-33(30(35)24-8-4-3-5-9-24)22-29(34)32(21-23-12-14-26(37-2)15-13-23)17-16-25-20-31-28-11-7-6-10-27(25)28/h3-15,20,31H,16-19,21-22H2,1-2H3. The number of carbonyl (C=O) groups is 2. The molecule has 0 radical (unpaired) electrons. The Morgan fingerprint density at radius 2 is 1.57 bits per heavy atom. The maximum absolute atomic E-state index is 13.7. The van der Waals surface area contributed by atoms with Gasteiger partial charge in [-0.1, -0.05) is 48.5 Å². The van der Waals surface area contributed by atoms with Gasteiger partial charge in [0, 0.05) is 49.4 Å². The molecule has 0 spiro atoms. The highest BCUT2D eigenvalue weighted by Gasteiger charge is 2.23. The lowest BCUT2D eigenvalue weighted by Gasteiger charge is -2.28. The van der Waals surface area contributed by atoms with Gasteiger partial charge >= 0.3 is 0 Å². The van der Waals surface area contributed by atoms with Crippen LogP contribution in [0.1, 0.15) is 21.5 Å². The first-order valence-corrected chi connectivity index (χ1v) is 12.4. The van der Waals surface area contributed by atoms with E-state index in [-0.39, 0.29) is 18.4 Å². The molecular weight excluding hydrogens is 466 g/mol. The summed E-state index contributed by atoms with van der Waals surface area (Å²) in [5.74, 6) is 0.461. The smallest absolute Gasteiger partial charge is 0.254 e. The van der Waals surface area contributed by atoms with Gasteiger partial charge < -0.3 is 24.3 Å². The quantitative estimate of drug-likeness (QED) is 0.311. The van der Waals surface area contributed by atoms with Crippen molar-refractivity contribution in [1.82, 2.24) is 14.8 Å². The summed E-state index contributed by atoms with van der Waals surface area (Å²) < 4.78 is 10.5. The molecule has 192 valence electrons. The summed E-state index contributed by atoms with van der Waals surface area (Å²) in [5, 5.41) is 1.15. The maximum atomic E-state index is 13.7. The highest BCUT2D eigenvalue weighted by molar-refractivity contribution is 5.96. The van der Waals surface area contributed by atoms with Crippen molar-refractivity contribution < 1.29 is 19.1 Å². The molecular formula is C30H33N3O4. The second-order valence-electron chi connectivity index (χ2n) is 8.86. The van der Waals surface area contributed by atoms with Crippen LogP contribution >= 0.6 is 0 Å². The fourth-order valence-corrected chi connectivity index (χ4v) is 4.32. The molecule has 2 amide bonds. The van der Waals surface area contributed by atoms with Crippen LogP contribution in [0.2, 0.25) is 0 Å². The number of para-hydroxylation sites is 1. The molecule has 0 saturated heterocycles. The fourth-order valence-electron chi connectivity index (χ4n) is 4.32. The Labute approximate surface area is 217 Å². The first-order valence-electron chi connectivity index (χ1n) is 12.4. The highest BCUT2D eigenvalue weighted by Crippen LogP contribution is 2.20. The van der Waals surface area contributed by atoms with Crippen LogP contribution in [0.25, 0.3) is 10.9 Å². The monoisotopic (exact) mass is 499 g/mol. The first-order chi connectivity index (χ1) is 18.1. The summed E-state index contributed by atoms with van der Waals surface area (Å²) in [5.41, 5.74) is 3.77. The van der Waals surface area contributed by atoms with Gasteiger partial charge in [-0.15, -0.1) is 0 Å². The molecule has 0 saturated carbocycles. The summed E-state index contributed by atoms with van der Waals surface area (Å²) in [6, 6.07) is 24.9. The van der Waals surface area contributed by atoms with Crippen LogP contribution in [0, 0.1) is 0 Å². The Bertz CT molecular complexity index is 1300. The Hall–Kier alpha value is -4.10. The number of ether oxygens (including phenoxy) is 2. The van der Waals surface area contributed by atoms with Crippen LogP contribution in [0.4, 0.5) is 0 Å². The molecule has 0 fully saturated rings. The molecule has 1 aromatic heterocycles. The fraction of sp³-hybridized carbons (Fsp3) is 0.267. The Kier molecular flexibility index (Phi) is 8.94. The predicted molar refractivity (Wildman–Crippen MR) is 145 cm³/mol. The largest absolute Gasteiger partial charge is 0.497 e. The number of benzene rings is 3. The lowest BCUT2D eigenvalue weighted by Crippen LogP contribution is -2.44. The number of methoxy groups -OCH3 is 2. The average molecular weight is 500 g/mol. The number of fused-ring (bicyclic) bond motifs is 1. The zero-order valence-corrected chi connectivity index (χ0v) is 21.4. The molecule has 3 aromatic carbocycles. The molecule has 0 aliphatic heterocycles. The molecule has 1 heterocycles. The first kappa shape index (κ1) is 26.0. The Morgan fingerprint density at radius 3 is 2.30 bits per heavy atom. The molecule has 37 heavy (non-hydrogen) atoms. The van der Waals surface area contributed by atoms with E-state index in [1.165, 1.54) is 0 Å². The van der Waals surface area contributed by atoms with E-state index in [4.69, 9.17) is 9.47 Å². The van der Waals surface area contributed by atoms with Crippen LogP contribution in [-0.2, 0) is 22.5 Å². The number of nitrogens with one attached hydrogen (secondary N) is 1. The third-order valence-corrected chi connectivity index (χ3v) is 6.41. The number of aromatic nitrogens is 1. The van der Waals surface area contributed by atoms with E-state index in [0.29, 0.717) is 38.2 Å². The van der Waals surface area contributed by atoms with Crippen molar-refractivity contribution in [2.75, 3.05) is 40.5 Å². The molecule has 1 N–H and O–H groups in total. The summed E-state index contributed by atoms with van der Waals surface area (Å²) in [7, 11) is 3.22. The zero-order valence-electron chi connectivity index (χ0n) is 21.4. The number of aromatic amines is 1. The summed E-state index contributed by atoms with van der Waals surface area (Å²) in [6.45, 7) is 1.60. The summed E-state index contributed by atoms with van der Waals surface area (Å²) >= 11 is 0. The minimum Gasteiger partial charge on any atom is -0.497 e. The summed E-state index contributed by atoms with van der Waals surface area (Å²) in [6.07, 6.45) is 2.70. The third-order valence-electron chi connectivity index (χ3n) is 6.41. The van der Waals surface area contributed by atoms with E-state index < -0.39 is 0 Å². The molecule has 0 bridgehead atoms. The van der Waals surface area contributed by atoms with Crippen LogP contribution in [0.3, 0.4) is 0 Å². The molecule has 4 aromatic rings. The van der Waals surface area contributed by atoms with Crippen molar-refractivity contribution in [2.45, 2.75) is 13.0 Å². The number of rotatable bonds is 12. The SMILES string of the molecule is COCCN(CC(=O)N(CCc1c[nH]c2ccccc12)Cc1ccc(OC)cc1)C(=O)c1ccccc1. The van der Waals surface area contributed by atoms with E-state index in [9.17, 15) is 9.59 Å². The van der Waals surface area contributed by atoms with Gasteiger partial charge in [0.2, 0.25) is 5.91 Å². The second kappa shape index (κ2) is 12.7. The van der Waals surface area contributed by atoms with Crippen LogP contribution in [0.5, 0.6) is 5.75 Å². The number of hydrogen-bond donors (Lipinski definition) is 1. The van der Waals surface area contributed by atoms with Gasteiger partial charge in [0.25, 0.3) is 5.91 Å². The van der Waals surface area contributed by atoms with Gasteiger partial charge in [-0.2, -0.15) is 0 Å². The van der Waals surface area contributed by atoms with Gasteiger partial charge in [-0.25, -0.2) is 0 Å². The number of H-pyrrole nitrogens is 1. The lowest BCUT2D eigenvalue weighted by molar-refractivity contribution is -0.132. The number of nitrogens with zero attached hydrogens (tertiary/aromatic N) is 2. The molecule has 7 nitrogen and oxygen atoms in total. The highest BCUT2D eigenvalue weighted by atomic mass is 16.5. The molecule has 0 aliphatic rings. The molecule has 7 heteroatoms. The normalized spacial score (nSPS) is 10.9. The average Bonchev–Trinajstić information content (AvgIpc) is 3.36. The summed E-state index contributed by atoms with van der Waals surface area (Å²) in [4.78, 5) is 33.6. The van der Waals surface area contributed by atoms with Gasteiger partial charge in [0.05, 0.1) is 13.7 Å². The van der Waals surface area contributed by atoms with E-state index in [0.717, 1.165) is 27.8 Å².